The summed E-state index contributed by atoms with van der Waals surface area (Å²) in [5.41, 5.74) is 2.37. The van der Waals surface area contributed by atoms with Gasteiger partial charge in [-0.3, -0.25) is 4.79 Å². The van der Waals surface area contributed by atoms with Crippen molar-refractivity contribution in [3.05, 3.63) is 34.9 Å². The Balaban J connectivity index is 3.22. The molecule has 0 radical (unpaired) electrons. The van der Waals surface area contributed by atoms with Crippen LogP contribution in [-0.2, 0) is 4.57 Å². The van der Waals surface area contributed by atoms with Crippen LogP contribution < -0.4 is 0 Å². The molecule has 0 aliphatic rings. The Labute approximate surface area is 84.7 Å². The fourth-order valence-corrected chi connectivity index (χ4v) is 2.17. The molecule has 76 valence electrons. The number of hydrogen-bond acceptors (Lipinski definition) is 2. The second-order valence-electron chi connectivity index (χ2n) is 3.97. The lowest BCUT2D eigenvalue weighted by Crippen LogP contribution is -2.01. The van der Waals surface area contributed by atoms with E-state index in [9.17, 15) is 9.36 Å². The number of carbonyl (C=O) groups excluding carboxylic acids is 1. The van der Waals surface area contributed by atoms with Gasteiger partial charge in [0, 0.05) is 5.56 Å². The molecule has 0 aromatic heterocycles. The van der Waals surface area contributed by atoms with Gasteiger partial charge in [0.25, 0.3) is 0 Å². The Morgan fingerprint density at radius 1 is 1.21 bits per heavy atom. The van der Waals surface area contributed by atoms with Crippen LogP contribution in [0, 0.1) is 13.8 Å². The molecule has 0 aliphatic carbocycles. The van der Waals surface area contributed by atoms with E-state index >= 15 is 0 Å². The summed E-state index contributed by atoms with van der Waals surface area (Å²) in [6.07, 6.45) is 0. The van der Waals surface area contributed by atoms with E-state index in [1.54, 1.807) is 6.07 Å². The number of carbonyl (C=O) groups is 1. The lowest BCUT2D eigenvalue weighted by molar-refractivity contribution is 0.107. The summed E-state index contributed by atoms with van der Waals surface area (Å²) in [6.45, 7) is 6.86. The van der Waals surface area contributed by atoms with Crippen molar-refractivity contribution in [3.63, 3.8) is 0 Å². The van der Waals surface area contributed by atoms with Gasteiger partial charge in [-0.05, 0) is 32.7 Å². The smallest absolute Gasteiger partial charge is 0.221 e. The standard InChI is InChI=1S/C11H15O2P/c1-8-5-6-10(9(2)7-8)11(12)14(3,4)13/h5-7H,1-4H3. The monoisotopic (exact) mass is 210 g/mol. The average Bonchev–Trinajstić information content (AvgIpc) is 2.01. The van der Waals surface area contributed by atoms with Crippen LogP contribution in [0.4, 0.5) is 0 Å². The Morgan fingerprint density at radius 3 is 2.21 bits per heavy atom. The van der Waals surface area contributed by atoms with Gasteiger partial charge in [-0.1, -0.05) is 23.8 Å². The summed E-state index contributed by atoms with van der Waals surface area (Å²) >= 11 is 0. The summed E-state index contributed by atoms with van der Waals surface area (Å²) in [4.78, 5) is 11.7. The first-order valence-electron chi connectivity index (χ1n) is 4.49. The molecule has 14 heavy (non-hydrogen) atoms. The quantitative estimate of drug-likeness (QED) is 0.703. The van der Waals surface area contributed by atoms with Gasteiger partial charge < -0.3 is 4.57 Å². The highest BCUT2D eigenvalue weighted by atomic mass is 31.2. The second kappa shape index (κ2) is 3.70. The number of hydrogen-bond donors (Lipinski definition) is 0. The molecule has 3 heteroatoms. The lowest BCUT2D eigenvalue weighted by Gasteiger charge is -2.08. The van der Waals surface area contributed by atoms with E-state index < -0.39 is 7.14 Å². The zero-order valence-electron chi connectivity index (χ0n) is 9.00. The summed E-state index contributed by atoms with van der Waals surface area (Å²) in [6, 6.07) is 5.56. The molecule has 0 saturated heterocycles. The van der Waals surface area contributed by atoms with Crippen molar-refractivity contribution >= 4 is 12.7 Å². The largest absolute Gasteiger partial charge is 0.316 e. The first-order valence-corrected chi connectivity index (χ1v) is 7.09. The maximum absolute atomic E-state index is 11.7. The molecule has 0 spiro atoms. The summed E-state index contributed by atoms with van der Waals surface area (Å²) in [7, 11) is -2.66. The Morgan fingerprint density at radius 2 is 1.79 bits per heavy atom. The summed E-state index contributed by atoms with van der Waals surface area (Å²) < 4.78 is 11.6. The topological polar surface area (TPSA) is 34.1 Å². The lowest BCUT2D eigenvalue weighted by atomic mass is 10.1. The van der Waals surface area contributed by atoms with Crippen LogP contribution in [0.15, 0.2) is 18.2 Å². The van der Waals surface area contributed by atoms with Crippen molar-refractivity contribution in [2.45, 2.75) is 13.8 Å². The van der Waals surface area contributed by atoms with E-state index in [4.69, 9.17) is 0 Å². The van der Waals surface area contributed by atoms with Gasteiger partial charge in [0.1, 0.15) is 7.14 Å². The fraction of sp³-hybridized carbons (Fsp3) is 0.364. The van der Waals surface area contributed by atoms with Crippen LogP contribution in [0.5, 0.6) is 0 Å². The molecular formula is C11H15O2P. The van der Waals surface area contributed by atoms with Crippen LogP contribution in [0.2, 0.25) is 0 Å². The highest BCUT2D eigenvalue weighted by Crippen LogP contribution is 2.40. The first-order chi connectivity index (χ1) is 6.32. The Hall–Kier alpha value is -0.880. The molecule has 0 aliphatic heterocycles. The zero-order valence-corrected chi connectivity index (χ0v) is 9.89. The van der Waals surface area contributed by atoms with Gasteiger partial charge in [-0.25, -0.2) is 0 Å². The van der Waals surface area contributed by atoms with Gasteiger partial charge in [-0.15, -0.1) is 0 Å². The maximum atomic E-state index is 11.7. The minimum Gasteiger partial charge on any atom is -0.316 e. The number of rotatable bonds is 2. The van der Waals surface area contributed by atoms with Gasteiger partial charge in [0.2, 0.25) is 5.52 Å². The third kappa shape index (κ3) is 2.33. The Bertz CT molecular complexity index is 415. The first kappa shape index (κ1) is 11.2. The van der Waals surface area contributed by atoms with E-state index in [1.165, 1.54) is 13.3 Å². The van der Waals surface area contributed by atoms with E-state index in [1.807, 2.05) is 26.0 Å². The van der Waals surface area contributed by atoms with Crippen molar-refractivity contribution in [2.75, 3.05) is 13.3 Å². The van der Waals surface area contributed by atoms with E-state index in [0.29, 0.717) is 5.56 Å². The minimum absolute atomic E-state index is 0.227. The molecule has 0 fully saturated rings. The van der Waals surface area contributed by atoms with Crippen molar-refractivity contribution in [2.24, 2.45) is 0 Å². The number of benzene rings is 1. The van der Waals surface area contributed by atoms with Gasteiger partial charge in [-0.2, -0.15) is 0 Å². The van der Waals surface area contributed by atoms with Crippen molar-refractivity contribution in [3.8, 4) is 0 Å². The van der Waals surface area contributed by atoms with Crippen LogP contribution in [-0.4, -0.2) is 18.9 Å². The highest BCUT2D eigenvalue weighted by molar-refractivity contribution is 7.79. The van der Waals surface area contributed by atoms with Crippen LogP contribution in [0.3, 0.4) is 0 Å². The van der Waals surface area contributed by atoms with E-state index in [2.05, 4.69) is 0 Å². The molecule has 2 nitrogen and oxygen atoms in total. The molecule has 0 bridgehead atoms. The molecule has 0 N–H and O–H groups in total. The van der Waals surface area contributed by atoms with Crippen LogP contribution in [0.25, 0.3) is 0 Å². The molecule has 0 heterocycles. The molecule has 1 rings (SSSR count). The SMILES string of the molecule is Cc1ccc(C(=O)P(C)(C)=O)c(C)c1. The van der Waals surface area contributed by atoms with Crippen molar-refractivity contribution < 1.29 is 9.36 Å². The predicted molar refractivity (Wildman–Crippen MR) is 59.7 cm³/mol. The van der Waals surface area contributed by atoms with Gasteiger partial charge >= 0.3 is 0 Å². The fourth-order valence-electron chi connectivity index (χ4n) is 1.34. The second-order valence-corrected chi connectivity index (χ2v) is 7.08. The van der Waals surface area contributed by atoms with Crippen molar-refractivity contribution in [1.82, 2.24) is 0 Å². The molecule has 1 aromatic rings. The van der Waals surface area contributed by atoms with E-state index in [0.717, 1.165) is 11.1 Å². The minimum atomic E-state index is -2.66. The summed E-state index contributed by atoms with van der Waals surface area (Å²) in [5.74, 6) is 0. The molecule has 0 amide bonds. The normalized spacial score (nSPS) is 11.4. The molecule has 1 aromatic carbocycles. The third-order valence-electron chi connectivity index (χ3n) is 2.10. The molecule has 0 atom stereocenters. The summed E-state index contributed by atoms with van der Waals surface area (Å²) in [5, 5.41) is 0. The third-order valence-corrected chi connectivity index (χ3v) is 3.32. The van der Waals surface area contributed by atoms with Crippen LogP contribution >= 0.6 is 7.14 Å². The van der Waals surface area contributed by atoms with Crippen molar-refractivity contribution in [1.29, 1.82) is 0 Å². The zero-order chi connectivity index (χ0) is 10.9. The predicted octanol–water partition coefficient (Wildman–Crippen LogP) is 3.07. The number of aryl methyl sites for hydroxylation is 2. The van der Waals surface area contributed by atoms with Crippen LogP contribution in [0.1, 0.15) is 21.5 Å². The van der Waals surface area contributed by atoms with Gasteiger partial charge in [0.05, 0.1) is 0 Å². The van der Waals surface area contributed by atoms with Gasteiger partial charge in [0.15, 0.2) is 0 Å². The van der Waals surface area contributed by atoms with E-state index in [-0.39, 0.29) is 5.52 Å². The molecule has 0 saturated carbocycles. The molecular weight excluding hydrogens is 195 g/mol. The average molecular weight is 210 g/mol. The molecule has 0 unspecified atom stereocenters. The maximum Gasteiger partial charge on any atom is 0.221 e. The Kier molecular flexibility index (Phi) is 2.96. The highest BCUT2D eigenvalue weighted by Gasteiger charge is 2.22.